The maximum absolute atomic E-state index is 13.0. The number of benzene rings is 2. The minimum absolute atomic E-state index is 0.167. The molecule has 7 heteroatoms. The lowest BCUT2D eigenvalue weighted by molar-refractivity contribution is -0.103. The number of aldehydes is 1. The molecule has 0 saturated heterocycles. The highest BCUT2D eigenvalue weighted by molar-refractivity contribution is 6.14. The van der Waals surface area contributed by atoms with E-state index in [1.807, 2.05) is 70.2 Å². The summed E-state index contributed by atoms with van der Waals surface area (Å²) in [6, 6.07) is 20.3. The van der Waals surface area contributed by atoms with Crippen molar-refractivity contribution < 1.29 is 14.4 Å². The number of nitrogens with one attached hydrogen (secondary N) is 3. The molecule has 0 bridgehead atoms. The van der Waals surface area contributed by atoms with Crippen molar-refractivity contribution in [3.05, 3.63) is 123 Å². The second-order valence-corrected chi connectivity index (χ2v) is 9.58. The summed E-state index contributed by atoms with van der Waals surface area (Å²) in [6.45, 7) is 7.88. The van der Waals surface area contributed by atoms with Crippen molar-refractivity contribution in [2.24, 2.45) is 0 Å². The van der Waals surface area contributed by atoms with E-state index in [-0.39, 0.29) is 17.9 Å². The van der Waals surface area contributed by atoms with Crippen LogP contribution in [0.1, 0.15) is 73.0 Å². The maximum Gasteiger partial charge on any atom is 0.253 e. The zero-order chi connectivity index (χ0) is 27.9. The average molecular weight is 521 g/mol. The zero-order valence-electron chi connectivity index (χ0n) is 22.5. The first-order chi connectivity index (χ1) is 18.8. The number of allylic oxidation sites excluding steroid dienone is 1. The molecular weight excluding hydrogens is 488 g/mol. The Bertz CT molecular complexity index is 1540. The Kier molecular flexibility index (Phi) is 8.51. The number of nitrogens with zero attached hydrogens (tertiary/aromatic N) is 1. The summed E-state index contributed by atoms with van der Waals surface area (Å²) in [7, 11) is 0. The minimum atomic E-state index is -0.229. The summed E-state index contributed by atoms with van der Waals surface area (Å²) >= 11 is 0. The summed E-state index contributed by atoms with van der Waals surface area (Å²) in [5, 5.41) is 5.93. The van der Waals surface area contributed by atoms with Gasteiger partial charge in [0.2, 0.25) is 0 Å². The molecule has 198 valence electrons. The average Bonchev–Trinajstić information content (AvgIpc) is 3.23. The van der Waals surface area contributed by atoms with E-state index in [9.17, 15) is 14.4 Å². The second-order valence-electron chi connectivity index (χ2n) is 9.58. The first kappa shape index (κ1) is 27.3. The van der Waals surface area contributed by atoms with Crippen molar-refractivity contribution in [2.45, 2.75) is 40.3 Å². The van der Waals surface area contributed by atoms with Gasteiger partial charge in [0.1, 0.15) is 0 Å². The van der Waals surface area contributed by atoms with E-state index in [1.54, 1.807) is 36.5 Å². The highest BCUT2D eigenvalue weighted by Gasteiger charge is 2.18. The monoisotopic (exact) mass is 520 g/mol. The van der Waals surface area contributed by atoms with Crippen molar-refractivity contribution in [2.75, 3.05) is 0 Å². The lowest BCUT2D eigenvalue weighted by Crippen LogP contribution is -2.26. The summed E-state index contributed by atoms with van der Waals surface area (Å²) in [5.74, 6) is -0.449. The third-order valence-electron chi connectivity index (χ3n) is 6.64. The molecule has 0 aliphatic carbocycles. The fourth-order valence-electron chi connectivity index (χ4n) is 4.50. The van der Waals surface area contributed by atoms with Crippen molar-refractivity contribution in [1.82, 2.24) is 20.6 Å². The predicted molar refractivity (Wildman–Crippen MR) is 153 cm³/mol. The van der Waals surface area contributed by atoms with Gasteiger partial charge in [-0.3, -0.25) is 19.4 Å². The number of amides is 2. The number of aromatic nitrogens is 2. The quantitative estimate of drug-likeness (QED) is 0.200. The minimum Gasteiger partial charge on any atom is -0.358 e. The van der Waals surface area contributed by atoms with Crippen LogP contribution in [-0.2, 0) is 11.3 Å². The van der Waals surface area contributed by atoms with Gasteiger partial charge >= 0.3 is 0 Å². The molecule has 0 radical (unpaired) electrons. The molecule has 7 nitrogen and oxygen atoms in total. The molecular formula is C32H32N4O3. The number of hydrogen-bond acceptors (Lipinski definition) is 4. The van der Waals surface area contributed by atoms with E-state index >= 15 is 0 Å². The normalized spacial score (nSPS) is 12.1. The molecule has 0 saturated carbocycles. The topological polar surface area (TPSA) is 104 Å². The summed E-state index contributed by atoms with van der Waals surface area (Å²) < 4.78 is 0. The molecule has 0 spiro atoms. The molecule has 0 fully saturated rings. The van der Waals surface area contributed by atoms with Crippen LogP contribution in [0.4, 0.5) is 0 Å². The molecule has 4 aromatic rings. The van der Waals surface area contributed by atoms with Gasteiger partial charge in [0, 0.05) is 28.7 Å². The summed E-state index contributed by atoms with van der Waals surface area (Å²) in [6.07, 6.45) is 4.18. The van der Waals surface area contributed by atoms with E-state index in [4.69, 9.17) is 0 Å². The van der Waals surface area contributed by atoms with Gasteiger partial charge in [-0.05, 0) is 80.3 Å². The number of pyridine rings is 1. The highest BCUT2D eigenvalue weighted by Crippen LogP contribution is 2.24. The van der Waals surface area contributed by atoms with Gasteiger partial charge in [-0.2, -0.15) is 0 Å². The first-order valence-electron chi connectivity index (χ1n) is 12.8. The molecule has 39 heavy (non-hydrogen) atoms. The zero-order valence-corrected chi connectivity index (χ0v) is 22.5. The van der Waals surface area contributed by atoms with E-state index in [0.717, 1.165) is 28.7 Å². The van der Waals surface area contributed by atoms with Crippen LogP contribution >= 0.6 is 0 Å². The number of rotatable bonds is 9. The lowest BCUT2D eigenvalue weighted by atomic mass is 10.0. The second kappa shape index (κ2) is 12.2. The van der Waals surface area contributed by atoms with Gasteiger partial charge in [0.25, 0.3) is 11.8 Å². The van der Waals surface area contributed by atoms with Gasteiger partial charge in [0.15, 0.2) is 6.29 Å². The standard InChI is InChI=1S/C32H32N4O3/c1-20-13-14-33-28(15-20)18-34-32(39)30-21(2)29(35-23(30)4)17-27(19-37)25-11-8-12-26(16-25)31(38)36-22(3)24-9-6-5-7-10-24/h5-17,19,22,35H,18H2,1-4H3,(H,34,39)(H,36,38)/b27-17+. The van der Waals surface area contributed by atoms with Crippen LogP contribution in [0.2, 0.25) is 0 Å². The number of hydrogen-bond donors (Lipinski definition) is 3. The van der Waals surface area contributed by atoms with E-state index in [1.165, 1.54) is 0 Å². The number of H-pyrrole nitrogens is 1. The molecule has 4 rings (SSSR count). The fraction of sp³-hybridized carbons (Fsp3) is 0.188. The van der Waals surface area contributed by atoms with Crippen LogP contribution in [0.5, 0.6) is 0 Å². The lowest BCUT2D eigenvalue weighted by Gasteiger charge is -2.14. The van der Waals surface area contributed by atoms with Crippen molar-refractivity contribution in [3.63, 3.8) is 0 Å². The van der Waals surface area contributed by atoms with E-state index in [2.05, 4.69) is 20.6 Å². The van der Waals surface area contributed by atoms with E-state index < -0.39 is 0 Å². The summed E-state index contributed by atoms with van der Waals surface area (Å²) in [5.41, 5.74) is 6.91. The highest BCUT2D eigenvalue weighted by atomic mass is 16.2. The SMILES string of the molecule is Cc1ccnc(CNC(=O)c2c(C)[nH]c(/C=C(\C=O)c3cccc(C(=O)NC(C)c4ccccc4)c3)c2C)c1. The van der Waals surface area contributed by atoms with Gasteiger partial charge in [0.05, 0.1) is 23.8 Å². The van der Waals surface area contributed by atoms with Crippen LogP contribution < -0.4 is 10.6 Å². The molecule has 2 amide bonds. The number of aromatic amines is 1. The van der Waals surface area contributed by atoms with Gasteiger partial charge in [-0.15, -0.1) is 0 Å². The first-order valence-corrected chi connectivity index (χ1v) is 12.8. The third-order valence-corrected chi connectivity index (χ3v) is 6.64. The number of carbonyl (C=O) groups excluding carboxylic acids is 3. The Morgan fingerprint density at radius 3 is 2.41 bits per heavy atom. The molecule has 2 aromatic heterocycles. The van der Waals surface area contributed by atoms with Crippen molar-refractivity contribution in [3.8, 4) is 0 Å². The number of aryl methyl sites for hydroxylation is 2. The fourth-order valence-corrected chi connectivity index (χ4v) is 4.50. The Hall–Kier alpha value is -4.78. The van der Waals surface area contributed by atoms with Crippen LogP contribution in [-0.4, -0.2) is 28.1 Å². The van der Waals surface area contributed by atoms with Crippen LogP contribution in [0.15, 0.2) is 72.9 Å². The maximum atomic E-state index is 13.0. The molecule has 1 atom stereocenters. The van der Waals surface area contributed by atoms with Crippen LogP contribution in [0, 0.1) is 20.8 Å². The van der Waals surface area contributed by atoms with Gasteiger partial charge in [-0.25, -0.2) is 0 Å². The smallest absolute Gasteiger partial charge is 0.253 e. The Labute approximate surface area is 228 Å². The largest absolute Gasteiger partial charge is 0.358 e. The van der Waals surface area contributed by atoms with Crippen LogP contribution in [0.25, 0.3) is 11.6 Å². The predicted octanol–water partition coefficient (Wildman–Crippen LogP) is 5.50. The molecule has 2 heterocycles. The van der Waals surface area contributed by atoms with Gasteiger partial charge in [-0.1, -0.05) is 42.5 Å². The molecule has 2 aromatic carbocycles. The Morgan fingerprint density at radius 2 is 1.69 bits per heavy atom. The van der Waals surface area contributed by atoms with E-state index in [0.29, 0.717) is 40.2 Å². The van der Waals surface area contributed by atoms with Crippen molar-refractivity contribution in [1.29, 1.82) is 0 Å². The molecule has 0 aliphatic heterocycles. The number of carbonyl (C=O) groups is 3. The third kappa shape index (κ3) is 6.57. The Balaban J connectivity index is 1.53. The summed E-state index contributed by atoms with van der Waals surface area (Å²) in [4.78, 5) is 45.6. The molecule has 0 aliphatic rings. The van der Waals surface area contributed by atoms with Crippen LogP contribution in [0.3, 0.4) is 0 Å². The molecule has 1 unspecified atom stereocenters. The van der Waals surface area contributed by atoms with Gasteiger partial charge < -0.3 is 15.6 Å². The van der Waals surface area contributed by atoms with Crippen molar-refractivity contribution >= 4 is 29.7 Å². The molecule has 3 N–H and O–H groups in total. The Morgan fingerprint density at radius 1 is 0.949 bits per heavy atom.